The van der Waals surface area contributed by atoms with E-state index in [0.29, 0.717) is 25.6 Å². The van der Waals surface area contributed by atoms with Crippen molar-refractivity contribution in [2.24, 2.45) is 4.99 Å². The number of hydrogen-bond acceptors (Lipinski definition) is 3. The Labute approximate surface area is 178 Å². The van der Waals surface area contributed by atoms with Gasteiger partial charge in [-0.3, -0.25) is 4.79 Å². The molecule has 0 saturated heterocycles. The molecule has 1 saturated carbocycles. The molecule has 0 radical (unpaired) electrons. The summed E-state index contributed by atoms with van der Waals surface area (Å²) in [5, 5.41) is 9.68. The van der Waals surface area contributed by atoms with Crippen molar-refractivity contribution >= 4 is 17.6 Å². The monoisotopic (exact) mass is 406 g/mol. The highest BCUT2D eigenvalue weighted by molar-refractivity contribution is 5.94. The van der Waals surface area contributed by atoms with E-state index in [-0.39, 0.29) is 11.8 Å². The third-order valence-electron chi connectivity index (χ3n) is 5.69. The van der Waals surface area contributed by atoms with Crippen LogP contribution in [0.4, 0.5) is 5.69 Å². The molecule has 1 fully saturated rings. The van der Waals surface area contributed by atoms with E-state index < -0.39 is 0 Å². The van der Waals surface area contributed by atoms with Gasteiger partial charge in [-0.1, -0.05) is 36.4 Å². The third-order valence-corrected chi connectivity index (χ3v) is 5.69. The van der Waals surface area contributed by atoms with Crippen LogP contribution in [0, 0.1) is 0 Å². The molecule has 1 heterocycles. The van der Waals surface area contributed by atoms with E-state index in [1.54, 1.807) is 0 Å². The summed E-state index contributed by atoms with van der Waals surface area (Å²) in [6.07, 6.45) is 4.35. The van der Waals surface area contributed by atoms with Gasteiger partial charge in [-0.05, 0) is 43.9 Å². The van der Waals surface area contributed by atoms with Gasteiger partial charge in [-0.2, -0.15) is 0 Å². The van der Waals surface area contributed by atoms with Gasteiger partial charge in [0.2, 0.25) is 5.91 Å². The summed E-state index contributed by atoms with van der Waals surface area (Å²) in [7, 11) is 0. The second-order valence-corrected chi connectivity index (χ2v) is 7.89. The average molecular weight is 407 g/mol. The topological polar surface area (TPSA) is 74.8 Å². The Morgan fingerprint density at radius 2 is 1.93 bits per heavy atom. The van der Waals surface area contributed by atoms with Crippen LogP contribution in [0.5, 0.6) is 5.75 Å². The molecule has 0 spiro atoms. The lowest BCUT2D eigenvalue weighted by Gasteiger charge is -2.27. The predicted molar refractivity (Wildman–Crippen MR) is 120 cm³/mol. The zero-order valence-corrected chi connectivity index (χ0v) is 17.5. The lowest BCUT2D eigenvalue weighted by molar-refractivity contribution is -0.116. The molecule has 2 aromatic rings. The van der Waals surface area contributed by atoms with Gasteiger partial charge < -0.3 is 20.7 Å². The maximum absolute atomic E-state index is 12.1. The smallest absolute Gasteiger partial charge is 0.225 e. The van der Waals surface area contributed by atoms with E-state index in [1.807, 2.05) is 43.3 Å². The second-order valence-electron chi connectivity index (χ2n) is 7.89. The number of carbonyl (C=O) groups excluding carboxylic acids is 1. The first kappa shape index (κ1) is 20.3. The van der Waals surface area contributed by atoms with Gasteiger partial charge in [-0.15, -0.1) is 0 Å². The standard InChI is InChI=1S/C24H30N4O2/c1-2-25-24(26-15-17-8-3-6-13-22(17)30-19-9-7-10-19)27-16-18-14-23(29)28-21-12-5-4-11-20(18)21/h3-6,8,11-13,18-19H,2,7,9-10,14-16H2,1H3,(H,28,29)(H2,25,26,27). The molecule has 158 valence electrons. The molecular weight excluding hydrogens is 376 g/mol. The van der Waals surface area contributed by atoms with Gasteiger partial charge in [0.1, 0.15) is 5.75 Å². The Morgan fingerprint density at radius 3 is 2.73 bits per heavy atom. The number of para-hydroxylation sites is 2. The Hall–Kier alpha value is -3.02. The highest BCUT2D eigenvalue weighted by Crippen LogP contribution is 2.31. The van der Waals surface area contributed by atoms with Crippen LogP contribution in [0.1, 0.15) is 49.7 Å². The summed E-state index contributed by atoms with van der Waals surface area (Å²) in [6.45, 7) is 4.01. The van der Waals surface area contributed by atoms with Crippen molar-refractivity contribution in [2.75, 3.05) is 18.4 Å². The summed E-state index contributed by atoms with van der Waals surface area (Å²) >= 11 is 0. The van der Waals surface area contributed by atoms with Crippen molar-refractivity contribution in [1.29, 1.82) is 0 Å². The third kappa shape index (κ3) is 4.93. The molecule has 30 heavy (non-hydrogen) atoms. The Balaban J connectivity index is 1.42. The van der Waals surface area contributed by atoms with Crippen molar-refractivity contribution in [3.05, 3.63) is 59.7 Å². The number of aliphatic imine (C=N–C) groups is 1. The van der Waals surface area contributed by atoms with Crippen molar-refractivity contribution < 1.29 is 9.53 Å². The quantitative estimate of drug-likeness (QED) is 0.483. The molecule has 4 rings (SSSR count). The molecule has 1 amide bonds. The highest BCUT2D eigenvalue weighted by atomic mass is 16.5. The van der Waals surface area contributed by atoms with E-state index in [9.17, 15) is 4.79 Å². The number of hydrogen-bond donors (Lipinski definition) is 3. The summed E-state index contributed by atoms with van der Waals surface area (Å²) in [4.78, 5) is 16.8. The first-order valence-corrected chi connectivity index (χ1v) is 10.9. The van der Waals surface area contributed by atoms with Crippen molar-refractivity contribution in [3.63, 3.8) is 0 Å². The van der Waals surface area contributed by atoms with Crippen molar-refractivity contribution in [3.8, 4) is 5.75 Å². The van der Waals surface area contributed by atoms with Gasteiger partial charge in [-0.25, -0.2) is 4.99 Å². The van der Waals surface area contributed by atoms with Crippen LogP contribution in [0.3, 0.4) is 0 Å². The van der Waals surface area contributed by atoms with Crippen LogP contribution >= 0.6 is 0 Å². The number of anilines is 1. The number of nitrogens with one attached hydrogen (secondary N) is 3. The molecule has 1 aliphatic heterocycles. The molecule has 3 N–H and O–H groups in total. The average Bonchev–Trinajstić information content (AvgIpc) is 2.73. The summed E-state index contributed by atoms with van der Waals surface area (Å²) in [6, 6.07) is 16.1. The Bertz CT molecular complexity index is 908. The molecular formula is C24H30N4O2. The van der Waals surface area contributed by atoms with Gasteiger partial charge in [0.15, 0.2) is 5.96 Å². The number of guanidine groups is 1. The molecule has 2 aromatic carbocycles. The number of fused-ring (bicyclic) bond motifs is 1. The number of ether oxygens (including phenoxy) is 1. The largest absolute Gasteiger partial charge is 0.490 e. The molecule has 1 atom stereocenters. The first-order valence-electron chi connectivity index (χ1n) is 10.9. The zero-order valence-electron chi connectivity index (χ0n) is 17.5. The molecule has 6 nitrogen and oxygen atoms in total. The SMILES string of the molecule is CCNC(=NCc1ccccc1OC1CCC1)NCC1CC(=O)Nc2ccccc21. The van der Waals surface area contributed by atoms with Crippen molar-refractivity contribution in [2.45, 2.75) is 51.2 Å². The van der Waals surface area contributed by atoms with Gasteiger partial charge in [0.05, 0.1) is 12.6 Å². The molecule has 0 bridgehead atoms. The lowest BCUT2D eigenvalue weighted by Crippen LogP contribution is -2.40. The van der Waals surface area contributed by atoms with Gasteiger partial charge in [0.25, 0.3) is 0 Å². The van der Waals surface area contributed by atoms with Crippen molar-refractivity contribution in [1.82, 2.24) is 10.6 Å². The first-order chi connectivity index (χ1) is 14.7. The van der Waals surface area contributed by atoms with E-state index in [4.69, 9.17) is 9.73 Å². The molecule has 0 aromatic heterocycles. The number of carbonyl (C=O) groups is 1. The Kier molecular flexibility index (Phi) is 6.52. The lowest BCUT2D eigenvalue weighted by atomic mass is 9.90. The maximum atomic E-state index is 12.1. The van der Waals surface area contributed by atoms with Crippen LogP contribution in [0.15, 0.2) is 53.5 Å². The predicted octanol–water partition coefficient (Wildman–Crippen LogP) is 3.80. The van der Waals surface area contributed by atoms with Crippen LogP contribution in [-0.4, -0.2) is 31.1 Å². The fourth-order valence-electron chi connectivity index (χ4n) is 3.83. The summed E-state index contributed by atoms with van der Waals surface area (Å²) < 4.78 is 6.13. The molecule has 6 heteroatoms. The molecule has 1 unspecified atom stereocenters. The zero-order chi connectivity index (χ0) is 20.8. The van der Waals surface area contributed by atoms with Crippen LogP contribution in [-0.2, 0) is 11.3 Å². The highest BCUT2D eigenvalue weighted by Gasteiger charge is 2.25. The molecule has 1 aliphatic carbocycles. The number of benzene rings is 2. The number of amides is 1. The van der Waals surface area contributed by atoms with Gasteiger partial charge >= 0.3 is 0 Å². The van der Waals surface area contributed by atoms with Crippen LogP contribution in [0.2, 0.25) is 0 Å². The minimum Gasteiger partial charge on any atom is -0.490 e. The summed E-state index contributed by atoms with van der Waals surface area (Å²) in [5.74, 6) is 1.86. The van der Waals surface area contributed by atoms with E-state index in [1.165, 1.54) is 12.0 Å². The Morgan fingerprint density at radius 1 is 1.13 bits per heavy atom. The minimum atomic E-state index is 0.0597. The van der Waals surface area contributed by atoms with E-state index in [2.05, 4.69) is 28.1 Å². The van der Waals surface area contributed by atoms with Crippen LogP contribution in [0.25, 0.3) is 0 Å². The minimum absolute atomic E-state index is 0.0597. The normalized spacial score (nSPS) is 18.8. The fraction of sp³-hybridized carbons (Fsp3) is 0.417. The van der Waals surface area contributed by atoms with Gasteiger partial charge in [0, 0.05) is 36.7 Å². The second kappa shape index (κ2) is 9.65. The maximum Gasteiger partial charge on any atom is 0.225 e. The van der Waals surface area contributed by atoms with E-state index >= 15 is 0 Å². The van der Waals surface area contributed by atoms with E-state index in [0.717, 1.165) is 42.3 Å². The summed E-state index contributed by atoms with van der Waals surface area (Å²) in [5.41, 5.74) is 3.16. The number of nitrogens with zero attached hydrogens (tertiary/aromatic N) is 1. The fourth-order valence-corrected chi connectivity index (χ4v) is 3.83. The molecule has 2 aliphatic rings. The number of rotatable bonds is 7. The van der Waals surface area contributed by atoms with Crippen LogP contribution < -0.4 is 20.7 Å².